The molecule has 0 atom stereocenters. The van der Waals surface area contributed by atoms with Gasteiger partial charge in [-0.15, -0.1) is 0 Å². The van der Waals surface area contributed by atoms with E-state index in [1.165, 1.54) is 22.8 Å². The molecule has 0 bridgehead atoms. The summed E-state index contributed by atoms with van der Waals surface area (Å²) in [5.41, 5.74) is 10.9. The number of nitrogen functional groups attached to an aromatic ring is 1. The molecule has 0 aliphatic heterocycles. The molecule has 1 aromatic carbocycles. The molecule has 2 aromatic heterocycles. The normalized spacial score (nSPS) is 10.8. The monoisotopic (exact) mass is 369 g/mol. The average Bonchev–Trinajstić information content (AvgIpc) is 2.92. The second-order valence-electron chi connectivity index (χ2n) is 5.83. The number of amides is 1. The standard InChI is InChI=1S/C17H16N6O4/c1-2-5-22-8-23(15-13(22)16(27)21-17(19)20-15)7-12(25)9-3-4-11(24)10(6-9)14(18)26/h2-4,6,8H,1,5,7H2,(H5-,18,19,20,21,24,25,26,27)/p+1. The summed E-state index contributed by atoms with van der Waals surface area (Å²) >= 11 is 0. The van der Waals surface area contributed by atoms with Gasteiger partial charge in [-0.2, -0.15) is 0 Å². The van der Waals surface area contributed by atoms with E-state index in [4.69, 9.17) is 11.5 Å². The third kappa shape index (κ3) is 3.27. The number of carbonyl (C=O) groups excluding carboxylic acids is 2. The molecule has 6 N–H and O–H groups in total. The van der Waals surface area contributed by atoms with Crippen LogP contribution in [0.5, 0.6) is 5.75 Å². The first-order valence-electron chi connectivity index (χ1n) is 7.86. The maximum absolute atomic E-state index is 12.7. The zero-order valence-electron chi connectivity index (χ0n) is 14.2. The molecule has 138 valence electrons. The SMILES string of the molecule is C=CCn1c[n+](CC(=O)c2ccc(O)c(C(N)=O)c2)c2nc(N)[nH]c(=O)c21. The summed E-state index contributed by atoms with van der Waals surface area (Å²) in [6.07, 6.45) is 3.15. The number of Topliss-reactive ketones (excluding diaryl/α,β-unsaturated/α-hetero) is 1. The number of primary amides is 1. The number of carbonyl (C=O) groups is 2. The largest absolute Gasteiger partial charge is 0.507 e. The number of fused-ring (bicyclic) bond motifs is 1. The van der Waals surface area contributed by atoms with Crippen LogP contribution in [0, 0.1) is 0 Å². The Bertz CT molecular complexity index is 1140. The number of allylic oxidation sites excluding steroid dienone is 1. The number of aromatic nitrogens is 4. The van der Waals surface area contributed by atoms with Gasteiger partial charge >= 0.3 is 5.65 Å². The van der Waals surface area contributed by atoms with Crippen molar-refractivity contribution in [1.82, 2.24) is 14.5 Å². The number of aromatic hydroxyl groups is 1. The molecule has 0 aliphatic rings. The van der Waals surface area contributed by atoms with E-state index in [1.54, 1.807) is 17.0 Å². The van der Waals surface area contributed by atoms with Crippen molar-refractivity contribution in [2.45, 2.75) is 13.1 Å². The Morgan fingerprint density at radius 1 is 1.41 bits per heavy atom. The number of hydrogen-bond donors (Lipinski definition) is 4. The lowest BCUT2D eigenvalue weighted by atomic mass is 10.1. The number of nitrogens with zero attached hydrogens (tertiary/aromatic N) is 3. The zero-order valence-corrected chi connectivity index (χ0v) is 14.2. The number of aromatic amines is 1. The van der Waals surface area contributed by atoms with Crippen molar-refractivity contribution in [3.63, 3.8) is 0 Å². The van der Waals surface area contributed by atoms with Gasteiger partial charge in [0.05, 0.1) is 12.1 Å². The summed E-state index contributed by atoms with van der Waals surface area (Å²) in [4.78, 5) is 42.7. The van der Waals surface area contributed by atoms with Crippen molar-refractivity contribution < 1.29 is 19.3 Å². The van der Waals surface area contributed by atoms with E-state index in [9.17, 15) is 19.5 Å². The van der Waals surface area contributed by atoms with Crippen LogP contribution in [0.4, 0.5) is 5.95 Å². The lowest BCUT2D eigenvalue weighted by Gasteiger charge is -2.04. The maximum atomic E-state index is 12.7. The Hall–Kier alpha value is -3.95. The quantitative estimate of drug-likeness (QED) is 0.259. The van der Waals surface area contributed by atoms with Gasteiger partial charge in [-0.25, -0.2) is 4.57 Å². The van der Waals surface area contributed by atoms with E-state index in [0.717, 1.165) is 0 Å². The van der Waals surface area contributed by atoms with E-state index in [2.05, 4.69) is 16.5 Å². The number of imidazole rings is 1. The molecule has 0 spiro atoms. The van der Waals surface area contributed by atoms with Crippen LogP contribution in [-0.4, -0.2) is 31.3 Å². The second-order valence-corrected chi connectivity index (χ2v) is 5.83. The Balaban J connectivity index is 2.05. The van der Waals surface area contributed by atoms with Crippen LogP contribution < -0.4 is 21.6 Å². The highest BCUT2D eigenvalue weighted by atomic mass is 16.3. The summed E-state index contributed by atoms with van der Waals surface area (Å²) in [5.74, 6) is -1.61. The number of H-pyrrole nitrogens is 1. The van der Waals surface area contributed by atoms with E-state index < -0.39 is 11.5 Å². The van der Waals surface area contributed by atoms with E-state index in [0.29, 0.717) is 6.54 Å². The molecule has 1 amide bonds. The summed E-state index contributed by atoms with van der Waals surface area (Å²) in [5, 5.41) is 9.65. The zero-order chi connectivity index (χ0) is 19.7. The van der Waals surface area contributed by atoms with Gasteiger partial charge < -0.3 is 16.6 Å². The number of phenols is 1. The molecule has 10 heteroatoms. The molecule has 3 rings (SSSR count). The fraction of sp³-hybridized carbons (Fsp3) is 0.118. The predicted octanol–water partition coefficient (Wildman–Crippen LogP) is -0.532. The van der Waals surface area contributed by atoms with Gasteiger partial charge in [0, 0.05) is 5.56 Å². The molecule has 0 saturated heterocycles. The topological polar surface area (TPSA) is 161 Å². The molecule has 10 nitrogen and oxygen atoms in total. The van der Waals surface area contributed by atoms with Crippen LogP contribution in [0.25, 0.3) is 11.2 Å². The molecule has 0 saturated carbocycles. The molecular formula is C17H17N6O4+. The van der Waals surface area contributed by atoms with Crippen molar-refractivity contribution in [1.29, 1.82) is 0 Å². The minimum Gasteiger partial charge on any atom is -0.507 e. The van der Waals surface area contributed by atoms with Gasteiger partial charge in [0.1, 0.15) is 12.3 Å². The van der Waals surface area contributed by atoms with Crippen LogP contribution >= 0.6 is 0 Å². The van der Waals surface area contributed by atoms with Gasteiger partial charge in [0.15, 0.2) is 12.1 Å². The van der Waals surface area contributed by atoms with Crippen molar-refractivity contribution in [2.24, 2.45) is 5.73 Å². The Kier molecular flexibility index (Phi) is 4.46. The van der Waals surface area contributed by atoms with E-state index in [-0.39, 0.29) is 46.3 Å². The number of anilines is 1. The second kappa shape index (κ2) is 6.75. The van der Waals surface area contributed by atoms with Gasteiger partial charge in [0.2, 0.25) is 5.52 Å². The number of ketones is 1. The van der Waals surface area contributed by atoms with Crippen LogP contribution in [-0.2, 0) is 13.1 Å². The number of benzene rings is 1. The van der Waals surface area contributed by atoms with Crippen molar-refractivity contribution >= 4 is 28.8 Å². The fourth-order valence-electron chi connectivity index (χ4n) is 2.76. The summed E-state index contributed by atoms with van der Waals surface area (Å²) in [7, 11) is 0. The van der Waals surface area contributed by atoms with Gasteiger partial charge in [-0.3, -0.25) is 23.9 Å². The third-order valence-corrected chi connectivity index (χ3v) is 3.96. The number of nitrogens with one attached hydrogen (secondary N) is 1. The first kappa shape index (κ1) is 17.9. The molecule has 2 heterocycles. The molecule has 0 fully saturated rings. The summed E-state index contributed by atoms with van der Waals surface area (Å²) < 4.78 is 3.07. The molecule has 27 heavy (non-hydrogen) atoms. The van der Waals surface area contributed by atoms with Crippen molar-refractivity contribution in [3.05, 3.63) is 58.7 Å². The fourth-order valence-corrected chi connectivity index (χ4v) is 2.76. The van der Waals surface area contributed by atoms with Crippen molar-refractivity contribution in [3.8, 4) is 5.75 Å². The molecular weight excluding hydrogens is 352 g/mol. The summed E-state index contributed by atoms with van der Waals surface area (Å²) in [6, 6.07) is 3.82. The number of hydrogen-bond acceptors (Lipinski definition) is 6. The highest BCUT2D eigenvalue weighted by Gasteiger charge is 2.23. The summed E-state index contributed by atoms with van der Waals surface area (Å²) in [6.45, 7) is 3.80. The molecule has 0 radical (unpaired) electrons. The first-order chi connectivity index (χ1) is 12.8. The third-order valence-electron chi connectivity index (χ3n) is 3.96. The van der Waals surface area contributed by atoms with Crippen LogP contribution in [0.2, 0.25) is 0 Å². The molecule has 3 aromatic rings. The maximum Gasteiger partial charge on any atom is 0.312 e. The van der Waals surface area contributed by atoms with Gasteiger partial charge in [-0.05, 0) is 18.2 Å². The van der Waals surface area contributed by atoms with E-state index >= 15 is 0 Å². The number of nitrogens with two attached hydrogens (primary N) is 2. The lowest BCUT2D eigenvalue weighted by Crippen LogP contribution is -2.38. The first-order valence-corrected chi connectivity index (χ1v) is 7.86. The minimum atomic E-state index is -0.849. The minimum absolute atomic E-state index is 0.0781. The lowest BCUT2D eigenvalue weighted by molar-refractivity contribution is -0.659. The predicted molar refractivity (Wildman–Crippen MR) is 96.1 cm³/mol. The molecule has 0 aliphatic carbocycles. The van der Waals surface area contributed by atoms with Crippen molar-refractivity contribution in [2.75, 3.05) is 5.73 Å². The number of rotatable bonds is 6. The smallest absolute Gasteiger partial charge is 0.312 e. The highest BCUT2D eigenvalue weighted by Crippen LogP contribution is 2.18. The Morgan fingerprint density at radius 2 is 2.15 bits per heavy atom. The highest BCUT2D eigenvalue weighted by molar-refractivity contribution is 6.01. The van der Waals surface area contributed by atoms with Crippen LogP contribution in [0.3, 0.4) is 0 Å². The van der Waals surface area contributed by atoms with Crippen LogP contribution in [0.15, 0.2) is 42.0 Å². The average molecular weight is 369 g/mol. The van der Waals surface area contributed by atoms with Gasteiger partial charge in [0.25, 0.3) is 17.4 Å². The molecule has 0 unspecified atom stereocenters. The van der Waals surface area contributed by atoms with Crippen LogP contribution in [0.1, 0.15) is 20.7 Å². The Morgan fingerprint density at radius 3 is 2.81 bits per heavy atom. The Labute approximate surface area is 152 Å². The van der Waals surface area contributed by atoms with E-state index in [1.807, 2.05) is 0 Å². The van der Waals surface area contributed by atoms with Gasteiger partial charge in [-0.1, -0.05) is 17.6 Å².